The zero-order valence-electron chi connectivity index (χ0n) is 15.6. The maximum Gasteiger partial charge on any atom is 0.384 e. The SMILES string of the molecule is CCOC(=O)C#Cc1cnc(C)nc1OC[C@H]1C[C@@H]1c1ccc(OC)cn1. The maximum absolute atomic E-state index is 11.4. The number of aromatic nitrogens is 3. The van der Waals surface area contributed by atoms with E-state index in [-0.39, 0.29) is 6.61 Å². The third-order valence-corrected chi connectivity index (χ3v) is 4.18. The zero-order valence-corrected chi connectivity index (χ0v) is 15.6. The molecule has 0 aliphatic heterocycles. The molecular formula is C20H21N3O4. The molecular weight excluding hydrogens is 346 g/mol. The Bertz CT molecular complexity index is 871. The van der Waals surface area contributed by atoms with Gasteiger partial charge in [-0.15, -0.1) is 0 Å². The van der Waals surface area contributed by atoms with Crippen molar-refractivity contribution in [2.45, 2.75) is 26.2 Å². The summed E-state index contributed by atoms with van der Waals surface area (Å²) in [5, 5.41) is 0. The first-order valence-corrected chi connectivity index (χ1v) is 8.75. The molecule has 2 heterocycles. The van der Waals surface area contributed by atoms with Crippen LogP contribution in [0.3, 0.4) is 0 Å². The van der Waals surface area contributed by atoms with Crippen molar-refractivity contribution < 1.29 is 19.0 Å². The van der Waals surface area contributed by atoms with Gasteiger partial charge >= 0.3 is 5.97 Å². The van der Waals surface area contributed by atoms with Crippen LogP contribution in [0.15, 0.2) is 24.5 Å². The molecule has 2 aromatic rings. The molecule has 1 fully saturated rings. The van der Waals surface area contributed by atoms with Crippen LogP contribution in [0.2, 0.25) is 0 Å². The topological polar surface area (TPSA) is 83.4 Å². The molecule has 0 aromatic carbocycles. The van der Waals surface area contributed by atoms with Gasteiger partial charge in [-0.3, -0.25) is 4.98 Å². The summed E-state index contributed by atoms with van der Waals surface area (Å²) in [4.78, 5) is 24.3. The van der Waals surface area contributed by atoms with Crippen LogP contribution in [0.1, 0.15) is 36.3 Å². The van der Waals surface area contributed by atoms with Crippen molar-refractivity contribution in [1.82, 2.24) is 15.0 Å². The van der Waals surface area contributed by atoms with E-state index in [9.17, 15) is 4.79 Å². The Hall–Kier alpha value is -3.14. The lowest BCUT2D eigenvalue weighted by atomic mass is 10.2. The predicted molar refractivity (Wildman–Crippen MR) is 97.4 cm³/mol. The van der Waals surface area contributed by atoms with Crippen molar-refractivity contribution in [2.75, 3.05) is 20.3 Å². The van der Waals surface area contributed by atoms with Crippen LogP contribution in [0.4, 0.5) is 0 Å². The molecule has 2 atom stereocenters. The highest BCUT2D eigenvalue weighted by atomic mass is 16.5. The molecule has 0 saturated heterocycles. The van der Waals surface area contributed by atoms with Crippen molar-refractivity contribution in [3.8, 4) is 23.5 Å². The average Bonchev–Trinajstić information content (AvgIpc) is 3.45. The standard InChI is InChI=1S/C20H21N3O4/c1-4-26-19(24)8-5-14-10-21-13(2)23-20(14)27-12-15-9-17(15)18-7-6-16(25-3)11-22-18/h6-7,10-11,15,17H,4,9,12H2,1-3H3/t15-,17+/m1/s1. The van der Waals surface area contributed by atoms with E-state index in [0.717, 1.165) is 17.9 Å². The molecule has 7 heteroatoms. The van der Waals surface area contributed by atoms with Gasteiger partial charge in [-0.05, 0) is 38.3 Å². The largest absolute Gasteiger partial charge is 0.495 e. The molecule has 0 spiro atoms. The Morgan fingerprint density at radius 2 is 2.15 bits per heavy atom. The highest BCUT2D eigenvalue weighted by Gasteiger charge is 2.40. The molecule has 0 unspecified atom stereocenters. The van der Waals surface area contributed by atoms with Crippen LogP contribution < -0.4 is 9.47 Å². The number of rotatable bonds is 6. The minimum absolute atomic E-state index is 0.281. The van der Waals surface area contributed by atoms with E-state index in [2.05, 4.69) is 26.8 Å². The van der Waals surface area contributed by atoms with Crippen LogP contribution in [-0.2, 0) is 9.53 Å². The van der Waals surface area contributed by atoms with Crippen LogP contribution in [0, 0.1) is 24.7 Å². The summed E-state index contributed by atoms with van der Waals surface area (Å²) in [5.74, 6) is 6.99. The predicted octanol–water partition coefficient (Wildman–Crippen LogP) is 2.29. The third kappa shape index (κ3) is 4.94. The maximum atomic E-state index is 11.4. The molecule has 3 rings (SSSR count). The normalized spacial score (nSPS) is 17.4. The van der Waals surface area contributed by atoms with Gasteiger partial charge in [-0.25, -0.2) is 9.78 Å². The fourth-order valence-corrected chi connectivity index (χ4v) is 2.64. The zero-order chi connectivity index (χ0) is 19.2. The van der Waals surface area contributed by atoms with E-state index in [4.69, 9.17) is 14.2 Å². The minimum Gasteiger partial charge on any atom is -0.495 e. The van der Waals surface area contributed by atoms with Gasteiger partial charge in [-0.2, -0.15) is 4.98 Å². The Morgan fingerprint density at radius 3 is 2.85 bits per heavy atom. The van der Waals surface area contributed by atoms with Gasteiger partial charge in [0.1, 0.15) is 17.1 Å². The summed E-state index contributed by atoms with van der Waals surface area (Å²) in [6.07, 6.45) is 4.29. The first-order valence-electron chi connectivity index (χ1n) is 8.75. The van der Waals surface area contributed by atoms with E-state index in [1.807, 2.05) is 12.1 Å². The second-order valence-corrected chi connectivity index (χ2v) is 6.14. The van der Waals surface area contributed by atoms with Crippen LogP contribution in [0.5, 0.6) is 11.6 Å². The Kier molecular flexibility index (Phi) is 5.87. The molecule has 2 aromatic heterocycles. The molecule has 0 bridgehead atoms. The van der Waals surface area contributed by atoms with Crippen molar-refractivity contribution in [2.24, 2.45) is 5.92 Å². The fraction of sp³-hybridized carbons (Fsp3) is 0.400. The summed E-state index contributed by atoms with van der Waals surface area (Å²) in [7, 11) is 1.62. The lowest BCUT2D eigenvalue weighted by Gasteiger charge is -2.07. The number of ether oxygens (including phenoxy) is 3. The van der Waals surface area contributed by atoms with Gasteiger partial charge in [0.05, 0.1) is 32.7 Å². The van der Waals surface area contributed by atoms with Gasteiger partial charge in [0, 0.05) is 23.5 Å². The van der Waals surface area contributed by atoms with Gasteiger partial charge in [0.2, 0.25) is 5.88 Å². The molecule has 0 radical (unpaired) electrons. The molecule has 27 heavy (non-hydrogen) atoms. The van der Waals surface area contributed by atoms with Crippen molar-refractivity contribution in [3.63, 3.8) is 0 Å². The minimum atomic E-state index is -0.586. The second-order valence-electron chi connectivity index (χ2n) is 6.14. The molecule has 140 valence electrons. The number of pyridine rings is 1. The highest BCUT2D eigenvalue weighted by Crippen LogP contribution is 2.46. The number of hydrogen-bond acceptors (Lipinski definition) is 7. The first kappa shape index (κ1) is 18.6. The number of hydrogen-bond donors (Lipinski definition) is 0. The van der Waals surface area contributed by atoms with E-state index < -0.39 is 5.97 Å². The average molecular weight is 367 g/mol. The number of carbonyl (C=O) groups excluding carboxylic acids is 1. The Balaban J connectivity index is 1.62. The van der Waals surface area contributed by atoms with Crippen molar-refractivity contribution in [1.29, 1.82) is 0 Å². The fourth-order valence-electron chi connectivity index (χ4n) is 2.64. The lowest BCUT2D eigenvalue weighted by molar-refractivity contribution is -0.136. The second kappa shape index (κ2) is 8.49. The van der Waals surface area contributed by atoms with E-state index in [1.54, 1.807) is 33.4 Å². The monoisotopic (exact) mass is 367 g/mol. The number of esters is 1. The lowest BCUT2D eigenvalue weighted by Crippen LogP contribution is -2.06. The Morgan fingerprint density at radius 1 is 1.30 bits per heavy atom. The van der Waals surface area contributed by atoms with E-state index in [1.165, 1.54) is 0 Å². The number of methoxy groups -OCH3 is 1. The van der Waals surface area contributed by atoms with Crippen LogP contribution in [0.25, 0.3) is 0 Å². The smallest absolute Gasteiger partial charge is 0.384 e. The summed E-state index contributed by atoms with van der Waals surface area (Å²) in [6, 6.07) is 3.89. The quantitative estimate of drug-likeness (QED) is 0.572. The highest BCUT2D eigenvalue weighted by molar-refractivity contribution is 5.89. The molecule has 0 amide bonds. The molecule has 1 aliphatic carbocycles. The molecule has 7 nitrogen and oxygen atoms in total. The molecule has 0 N–H and O–H groups in total. The summed E-state index contributed by atoms with van der Waals surface area (Å²) in [5.41, 5.74) is 1.50. The van der Waals surface area contributed by atoms with Gasteiger partial charge in [0.15, 0.2) is 0 Å². The van der Waals surface area contributed by atoms with Gasteiger partial charge in [-0.1, -0.05) is 0 Å². The first-order chi connectivity index (χ1) is 13.1. The molecule has 1 aliphatic rings. The number of carbonyl (C=O) groups is 1. The van der Waals surface area contributed by atoms with E-state index in [0.29, 0.717) is 35.7 Å². The van der Waals surface area contributed by atoms with Crippen molar-refractivity contribution >= 4 is 5.97 Å². The van der Waals surface area contributed by atoms with Crippen LogP contribution >= 0.6 is 0 Å². The Labute approximate surface area is 158 Å². The number of nitrogens with zero attached hydrogens (tertiary/aromatic N) is 3. The molecule has 1 saturated carbocycles. The third-order valence-electron chi connectivity index (χ3n) is 4.18. The van der Waals surface area contributed by atoms with E-state index >= 15 is 0 Å². The summed E-state index contributed by atoms with van der Waals surface area (Å²) >= 11 is 0. The van der Waals surface area contributed by atoms with Crippen LogP contribution in [-0.4, -0.2) is 41.2 Å². The van der Waals surface area contributed by atoms with Gasteiger partial charge < -0.3 is 14.2 Å². The number of aryl methyl sites for hydroxylation is 1. The van der Waals surface area contributed by atoms with Crippen molar-refractivity contribution in [3.05, 3.63) is 41.6 Å². The van der Waals surface area contributed by atoms with Gasteiger partial charge in [0.25, 0.3) is 0 Å². The summed E-state index contributed by atoms with van der Waals surface area (Å²) in [6.45, 7) is 4.29. The summed E-state index contributed by atoms with van der Waals surface area (Å²) < 4.78 is 15.8.